The summed E-state index contributed by atoms with van der Waals surface area (Å²) in [6.07, 6.45) is 0. The maximum absolute atomic E-state index is 13.3. The number of hydrogen-bond donors (Lipinski definition) is 0. The first-order chi connectivity index (χ1) is 8.16. The van der Waals surface area contributed by atoms with Crippen LogP contribution >= 0.6 is 15.9 Å². The zero-order valence-corrected chi connectivity index (χ0v) is 10.9. The van der Waals surface area contributed by atoms with Crippen molar-refractivity contribution in [1.29, 1.82) is 0 Å². The minimum absolute atomic E-state index is 0.181. The van der Waals surface area contributed by atoms with Crippen LogP contribution < -0.4 is 4.74 Å². The molecule has 1 aromatic heterocycles. The fourth-order valence-electron chi connectivity index (χ4n) is 1.37. The Morgan fingerprint density at radius 1 is 1.24 bits per heavy atom. The van der Waals surface area contributed by atoms with Crippen LogP contribution in [-0.2, 0) is 6.61 Å². The van der Waals surface area contributed by atoms with Gasteiger partial charge in [-0.2, -0.15) is 0 Å². The first kappa shape index (κ1) is 12.0. The van der Waals surface area contributed by atoms with Crippen LogP contribution in [0, 0.1) is 12.7 Å². The van der Waals surface area contributed by atoms with Gasteiger partial charge in [-0.05, 0) is 35.0 Å². The van der Waals surface area contributed by atoms with Crippen molar-refractivity contribution >= 4 is 15.9 Å². The molecule has 2 nitrogen and oxygen atoms in total. The third-order valence-corrected chi connectivity index (χ3v) is 3.17. The van der Waals surface area contributed by atoms with E-state index in [2.05, 4.69) is 20.9 Å². The minimum Gasteiger partial charge on any atom is -0.473 e. The normalized spacial score (nSPS) is 10.3. The van der Waals surface area contributed by atoms with Gasteiger partial charge in [0.2, 0.25) is 5.88 Å². The molecule has 1 aromatic carbocycles. The highest BCUT2D eigenvalue weighted by atomic mass is 79.9. The highest BCUT2D eigenvalue weighted by molar-refractivity contribution is 9.10. The molecule has 0 spiro atoms. The molecule has 0 radical (unpaired) electrons. The summed E-state index contributed by atoms with van der Waals surface area (Å²) in [7, 11) is 0. The Morgan fingerprint density at radius 3 is 2.71 bits per heavy atom. The lowest BCUT2D eigenvalue weighted by Gasteiger charge is -2.07. The Morgan fingerprint density at radius 2 is 2.00 bits per heavy atom. The zero-order chi connectivity index (χ0) is 12.3. The van der Waals surface area contributed by atoms with Gasteiger partial charge in [-0.25, -0.2) is 9.37 Å². The number of rotatable bonds is 3. The average Bonchev–Trinajstić information content (AvgIpc) is 2.32. The maximum atomic E-state index is 13.3. The molecule has 0 bridgehead atoms. The van der Waals surface area contributed by atoms with Gasteiger partial charge in [-0.15, -0.1) is 0 Å². The number of aromatic nitrogens is 1. The Hall–Kier alpha value is -1.42. The molecule has 0 aliphatic rings. The Labute approximate surface area is 108 Å². The van der Waals surface area contributed by atoms with E-state index in [1.165, 1.54) is 6.07 Å². The van der Waals surface area contributed by atoms with Crippen molar-refractivity contribution in [3.05, 3.63) is 57.9 Å². The Bertz CT molecular complexity index is 531. The van der Waals surface area contributed by atoms with E-state index < -0.39 is 0 Å². The maximum Gasteiger partial charge on any atom is 0.213 e. The summed E-state index contributed by atoms with van der Waals surface area (Å²) in [6.45, 7) is 2.06. The molecule has 1 heterocycles. The van der Waals surface area contributed by atoms with Gasteiger partial charge < -0.3 is 4.74 Å². The summed E-state index contributed by atoms with van der Waals surface area (Å²) in [5.41, 5.74) is 1.37. The van der Waals surface area contributed by atoms with Crippen LogP contribution in [0.4, 0.5) is 4.39 Å². The van der Waals surface area contributed by atoms with Gasteiger partial charge in [0.25, 0.3) is 0 Å². The van der Waals surface area contributed by atoms with Crippen LogP contribution in [0.3, 0.4) is 0 Å². The second kappa shape index (κ2) is 5.27. The largest absolute Gasteiger partial charge is 0.473 e. The number of pyridine rings is 1. The van der Waals surface area contributed by atoms with Gasteiger partial charge in [0.15, 0.2) is 0 Å². The van der Waals surface area contributed by atoms with Gasteiger partial charge in [-0.3, -0.25) is 0 Å². The molecule has 0 fully saturated rings. The van der Waals surface area contributed by atoms with Crippen LogP contribution in [0.1, 0.15) is 11.3 Å². The van der Waals surface area contributed by atoms with E-state index in [1.807, 2.05) is 13.0 Å². The van der Waals surface area contributed by atoms with Crippen LogP contribution in [0.5, 0.6) is 5.88 Å². The van der Waals surface area contributed by atoms with Crippen LogP contribution in [0.25, 0.3) is 0 Å². The van der Waals surface area contributed by atoms with E-state index >= 15 is 0 Å². The highest BCUT2D eigenvalue weighted by Crippen LogP contribution is 2.18. The van der Waals surface area contributed by atoms with Crippen molar-refractivity contribution in [2.24, 2.45) is 0 Å². The summed E-state index contributed by atoms with van der Waals surface area (Å²) in [6, 6.07) is 10.2. The van der Waals surface area contributed by atoms with Gasteiger partial charge >= 0.3 is 0 Å². The van der Waals surface area contributed by atoms with E-state index in [0.29, 0.717) is 11.4 Å². The van der Waals surface area contributed by atoms with Gasteiger partial charge in [0.1, 0.15) is 12.4 Å². The molecule has 0 saturated carbocycles. The number of halogens is 2. The van der Waals surface area contributed by atoms with Crippen molar-refractivity contribution in [2.75, 3.05) is 0 Å². The summed E-state index contributed by atoms with van der Waals surface area (Å²) < 4.78 is 19.7. The smallest absolute Gasteiger partial charge is 0.213 e. The third-order valence-electron chi connectivity index (χ3n) is 2.33. The fraction of sp³-hybridized carbons (Fsp3) is 0.154. The molecule has 0 unspecified atom stereocenters. The molecular weight excluding hydrogens is 285 g/mol. The van der Waals surface area contributed by atoms with Crippen molar-refractivity contribution in [2.45, 2.75) is 13.5 Å². The number of hydrogen-bond acceptors (Lipinski definition) is 2. The molecule has 0 N–H and O–H groups in total. The second-order valence-corrected chi connectivity index (χ2v) is 4.45. The van der Waals surface area contributed by atoms with Crippen LogP contribution in [0.15, 0.2) is 40.9 Å². The first-order valence-electron chi connectivity index (χ1n) is 5.16. The van der Waals surface area contributed by atoms with Gasteiger partial charge in [-0.1, -0.05) is 18.2 Å². The summed E-state index contributed by atoms with van der Waals surface area (Å²) in [5.74, 6) is 0.232. The molecular formula is C13H11BrFNO. The molecule has 0 amide bonds. The number of nitrogens with zero attached hydrogens (tertiary/aromatic N) is 1. The lowest BCUT2D eigenvalue weighted by Crippen LogP contribution is -2.00. The molecule has 88 valence electrons. The average molecular weight is 296 g/mol. The number of benzene rings is 1. The predicted molar refractivity (Wildman–Crippen MR) is 67.4 cm³/mol. The van der Waals surface area contributed by atoms with Crippen molar-refractivity contribution in [1.82, 2.24) is 4.98 Å². The fourth-order valence-corrected chi connectivity index (χ4v) is 1.59. The summed E-state index contributed by atoms with van der Waals surface area (Å²) in [4.78, 5) is 4.23. The SMILES string of the molecule is Cc1nc(OCc2ccccc2F)ccc1Br. The molecule has 0 saturated heterocycles. The quantitative estimate of drug-likeness (QED) is 0.857. The Balaban J connectivity index is 2.08. The molecule has 2 rings (SSSR count). The lowest BCUT2D eigenvalue weighted by atomic mass is 10.2. The van der Waals surface area contributed by atoms with Crippen LogP contribution in [0.2, 0.25) is 0 Å². The highest BCUT2D eigenvalue weighted by Gasteiger charge is 2.03. The second-order valence-electron chi connectivity index (χ2n) is 3.60. The summed E-state index contributed by atoms with van der Waals surface area (Å²) in [5, 5.41) is 0. The number of aryl methyl sites for hydroxylation is 1. The zero-order valence-electron chi connectivity index (χ0n) is 9.28. The predicted octanol–water partition coefficient (Wildman–Crippen LogP) is 3.87. The van der Waals surface area contributed by atoms with E-state index in [0.717, 1.165) is 10.2 Å². The van der Waals surface area contributed by atoms with E-state index in [-0.39, 0.29) is 12.4 Å². The van der Waals surface area contributed by atoms with Crippen molar-refractivity contribution < 1.29 is 9.13 Å². The summed E-state index contributed by atoms with van der Waals surface area (Å²) >= 11 is 3.36. The van der Waals surface area contributed by atoms with E-state index in [1.54, 1.807) is 24.3 Å². The van der Waals surface area contributed by atoms with Crippen molar-refractivity contribution in [3.8, 4) is 5.88 Å². The molecule has 4 heteroatoms. The van der Waals surface area contributed by atoms with E-state index in [9.17, 15) is 4.39 Å². The topological polar surface area (TPSA) is 22.1 Å². The monoisotopic (exact) mass is 295 g/mol. The minimum atomic E-state index is -0.263. The molecule has 2 aromatic rings. The van der Waals surface area contributed by atoms with E-state index in [4.69, 9.17) is 4.74 Å². The molecule has 0 aliphatic carbocycles. The molecule has 0 aliphatic heterocycles. The molecule has 0 atom stereocenters. The third kappa shape index (κ3) is 3.03. The van der Waals surface area contributed by atoms with Crippen LogP contribution in [-0.4, -0.2) is 4.98 Å². The van der Waals surface area contributed by atoms with Gasteiger partial charge in [0.05, 0.1) is 5.69 Å². The lowest BCUT2D eigenvalue weighted by molar-refractivity contribution is 0.287. The molecule has 17 heavy (non-hydrogen) atoms. The Kier molecular flexibility index (Phi) is 3.74. The van der Waals surface area contributed by atoms with Gasteiger partial charge in [0, 0.05) is 16.1 Å². The standard InChI is InChI=1S/C13H11BrFNO/c1-9-11(14)6-7-13(16-9)17-8-10-4-2-3-5-12(10)15/h2-7H,8H2,1H3. The first-order valence-corrected chi connectivity index (χ1v) is 5.95. The van der Waals surface area contributed by atoms with Crippen molar-refractivity contribution in [3.63, 3.8) is 0 Å². The number of ether oxygens (including phenoxy) is 1.